The molecule has 3 N–H and O–H groups in total. The second-order valence-electron chi connectivity index (χ2n) is 16.1. The largest absolute Gasteiger partial charge is 0.444 e. The van der Waals surface area contributed by atoms with Gasteiger partial charge in [-0.3, -0.25) is 9.59 Å². The maximum atomic E-state index is 12.8. The summed E-state index contributed by atoms with van der Waals surface area (Å²) in [5.74, 6) is -0.171. The van der Waals surface area contributed by atoms with Gasteiger partial charge in [0.25, 0.3) is 5.91 Å². The highest BCUT2D eigenvalue weighted by Crippen LogP contribution is 2.41. The number of halogens is 1. The summed E-state index contributed by atoms with van der Waals surface area (Å²) in [6, 6.07) is 21.3. The van der Waals surface area contributed by atoms with E-state index in [0.29, 0.717) is 129 Å². The highest BCUT2D eigenvalue weighted by atomic mass is 35.5. The Hall–Kier alpha value is -4.36. The predicted molar refractivity (Wildman–Crippen MR) is 250 cm³/mol. The van der Waals surface area contributed by atoms with Crippen LogP contribution in [0.2, 0.25) is 5.02 Å². The number of hydrogen-bond acceptors (Lipinski definition) is 13. The molecule has 0 aromatic heterocycles. The second kappa shape index (κ2) is 30.0. The van der Waals surface area contributed by atoms with E-state index in [1.807, 2.05) is 86.3 Å². The van der Waals surface area contributed by atoms with Gasteiger partial charge in [0.05, 0.1) is 112 Å². The average molecular weight is 930 g/mol. The van der Waals surface area contributed by atoms with Crippen LogP contribution >= 0.6 is 11.6 Å². The molecule has 3 aromatic rings. The third-order valence-electron chi connectivity index (χ3n) is 9.74. The van der Waals surface area contributed by atoms with Crippen LogP contribution < -0.4 is 20.9 Å². The number of nitrogens with one attached hydrogen (secondary N) is 3. The molecule has 3 amide bonds. The molecule has 0 saturated carbocycles. The molecule has 1 aliphatic rings. The fourth-order valence-corrected chi connectivity index (χ4v) is 6.87. The van der Waals surface area contributed by atoms with Crippen LogP contribution in [0, 0.1) is 0 Å². The summed E-state index contributed by atoms with van der Waals surface area (Å²) >= 11 is 6.12. The monoisotopic (exact) mass is 928 g/mol. The van der Waals surface area contributed by atoms with Crippen molar-refractivity contribution in [3.63, 3.8) is 0 Å². The number of anilines is 2. The molecule has 0 radical (unpaired) electrons. The summed E-state index contributed by atoms with van der Waals surface area (Å²) in [7, 11) is 0. The van der Waals surface area contributed by atoms with Crippen molar-refractivity contribution in [2.45, 2.75) is 58.7 Å². The van der Waals surface area contributed by atoms with Gasteiger partial charge in [-0.1, -0.05) is 29.8 Å². The lowest BCUT2D eigenvalue weighted by atomic mass is 9.88. The number of alkyl carbamates (subject to hydrolysis) is 1. The van der Waals surface area contributed by atoms with Crippen molar-refractivity contribution < 1.29 is 57.0 Å². The summed E-state index contributed by atoms with van der Waals surface area (Å²) in [4.78, 5) is 38.9. The molecule has 3 aromatic carbocycles. The van der Waals surface area contributed by atoms with E-state index in [4.69, 9.17) is 54.2 Å². The number of carbonyl (C=O) groups excluding carboxylic acids is 3. The minimum atomic E-state index is -0.523. The van der Waals surface area contributed by atoms with Crippen molar-refractivity contribution in [1.82, 2.24) is 10.6 Å². The predicted octanol–water partition coefficient (Wildman–Crippen LogP) is 6.69. The normalized spacial score (nSPS) is 14.8. The van der Waals surface area contributed by atoms with E-state index in [2.05, 4.69) is 28.9 Å². The molecule has 0 unspecified atom stereocenters. The summed E-state index contributed by atoms with van der Waals surface area (Å²) in [5.41, 5.74) is 4.88. The van der Waals surface area contributed by atoms with Gasteiger partial charge in [-0.05, 0) is 99.3 Å². The van der Waals surface area contributed by atoms with E-state index in [9.17, 15) is 14.4 Å². The Bertz CT molecular complexity index is 1830. The Morgan fingerprint density at radius 2 is 1.06 bits per heavy atom. The van der Waals surface area contributed by atoms with Crippen molar-refractivity contribution in [2.75, 3.05) is 129 Å². The molecule has 0 spiro atoms. The first-order chi connectivity index (χ1) is 31.4. The molecular formula is C48H69ClN4O12. The van der Waals surface area contributed by atoms with Crippen LogP contribution in [0.4, 0.5) is 16.2 Å². The van der Waals surface area contributed by atoms with Crippen LogP contribution in [0.3, 0.4) is 0 Å². The quantitative estimate of drug-likeness (QED) is 0.0583. The van der Waals surface area contributed by atoms with E-state index in [0.717, 1.165) is 34.5 Å². The molecule has 17 heteroatoms. The molecule has 0 fully saturated rings. The molecule has 4 rings (SSSR count). The van der Waals surface area contributed by atoms with E-state index < -0.39 is 11.7 Å². The molecule has 1 aliphatic heterocycles. The zero-order valence-electron chi connectivity index (χ0n) is 38.7. The van der Waals surface area contributed by atoms with Crippen LogP contribution in [0.15, 0.2) is 66.7 Å². The summed E-state index contributed by atoms with van der Waals surface area (Å²) in [6.45, 7) is 16.9. The van der Waals surface area contributed by atoms with Crippen LogP contribution in [0.25, 0.3) is 11.1 Å². The van der Waals surface area contributed by atoms with Gasteiger partial charge in [-0.15, -0.1) is 0 Å². The Labute approximate surface area is 389 Å². The Balaban J connectivity index is 0.939. The van der Waals surface area contributed by atoms with E-state index in [1.54, 1.807) is 6.92 Å². The van der Waals surface area contributed by atoms with Crippen molar-refractivity contribution in [2.24, 2.45) is 0 Å². The van der Waals surface area contributed by atoms with Crippen molar-refractivity contribution >= 4 is 40.9 Å². The molecule has 0 bridgehead atoms. The zero-order valence-corrected chi connectivity index (χ0v) is 39.4. The number of benzene rings is 3. The van der Waals surface area contributed by atoms with E-state index >= 15 is 0 Å². The number of amides is 3. The highest BCUT2D eigenvalue weighted by Gasteiger charge is 2.32. The number of ether oxygens (including phenoxy) is 9. The fourth-order valence-electron chi connectivity index (χ4n) is 6.74. The minimum absolute atomic E-state index is 0.00812. The molecule has 0 saturated heterocycles. The molecule has 1 heterocycles. The molecule has 65 heavy (non-hydrogen) atoms. The Morgan fingerprint density at radius 3 is 1.52 bits per heavy atom. The maximum absolute atomic E-state index is 12.8. The molecule has 0 aliphatic carbocycles. The molecule has 16 nitrogen and oxygen atoms in total. The number of nitrogens with zero attached hydrogens (tertiary/aromatic N) is 1. The third-order valence-corrected chi connectivity index (χ3v) is 9.99. The van der Waals surface area contributed by atoms with Gasteiger partial charge in [-0.2, -0.15) is 0 Å². The van der Waals surface area contributed by atoms with Gasteiger partial charge in [0.1, 0.15) is 5.60 Å². The average Bonchev–Trinajstić information content (AvgIpc) is 3.27. The topological polar surface area (TPSA) is 174 Å². The molecular weight excluding hydrogens is 860 g/mol. The summed E-state index contributed by atoms with van der Waals surface area (Å²) in [5, 5.41) is 9.84. The minimum Gasteiger partial charge on any atom is -0.444 e. The summed E-state index contributed by atoms with van der Waals surface area (Å²) < 4.78 is 49.2. The van der Waals surface area contributed by atoms with Crippen molar-refractivity contribution in [3.8, 4) is 11.1 Å². The number of fused-ring (bicyclic) bond motifs is 1. The van der Waals surface area contributed by atoms with Gasteiger partial charge in [0.15, 0.2) is 0 Å². The van der Waals surface area contributed by atoms with Crippen LogP contribution in [-0.2, 0) is 47.4 Å². The Kier molecular flexibility index (Phi) is 24.6. The standard InChI is InChI=1S/C48H69ClN4O12/c1-36-34-44(52-42-13-11-41(49)12-14-42)43-35-40(10-15-45(43)53(36)37(2)54)38-6-8-39(9-7-38)46(55)50-16-18-57-20-22-59-24-26-61-28-30-63-32-33-64-31-29-62-27-25-60-23-21-58-19-17-51-47(56)65-48(3,4)5/h6-15,35-36,44,52H,16-34H2,1-5H3,(H,50,55)(H,51,56)/t36-,44+/m0/s1. The van der Waals surface area contributed by atoms with Gasteiger partial charge >= 0.3 is 6.09 Å². The number of carbonyl (C=O) groups is 3. The lowest BCUT2D eigenvalue weighted by Crippen LogP contribution is -2.43. The maximum Gasteiger partial charge on any atom is 0.407 e. The van der Waals surface area contributed by atoms with Crippen molar-refractivity contribution in [1.29, 1.82) is 0 Å². The van der Waals surface area contributed by atoms with E-state index in [1.165, 1.54) is 0 Å². The van der Waals surface area contributed by atoms with Gasteiger partial charge in [-0.25, -0.2) is 4.79 Å². The molecule has 360 valence electrons. The van der Waals surface area contributed by atoms with Crippen molar-refractivity contribution in [3.05, 3.63) is 82.9 Å². The SMILES string of the molecule is CC(=O)N1c2ccc(-c3ccc(C(=O)NCCOCCOCCOCCOCCOCCOCCOCCOCCNC(=O)OC(C)(C)C)cc3)cc2[C@H](Nc2ccc(Cl)cc2)C[C@@H]1C. The van der Waals surface area contributed by atoms with Crippen LogP contribution in [0.5, 0.6) is 0 Å². The molecule has 2 atom stereocenters. The van der Waals surface area contributed by atoms with Crippen LogP contribution in [0.1, 0.15) is 63.0 Å². The van der Waals surface area contributed by atoms with E-state index in [-0.39, 0.29) is 23.9 Å². The zero-order chi connectivity index (χ0) is 46.7. The first-order valence-electron chi connectivity index (χ1n) is 22.3. The summed E-state index contributed by atoms with van der Waals surface area (Å²) in [6.07, 6.45) is 0.288. The lowest BCUT2D eigenvalue weighted by molar-refractivity contribution is -0.117. The smallest absolute Gasteiger partial charge is 0.407 e. The Morgan fingerprint density at radius 1 is 0.615 bits per heavy atom. The first kappa shape index (κ1) is 53.3. The van der Waals surface area contributed by atoms with Gasteiger partial charge < -0.3 is 63.5 Å². The van der Waals surface area contributed by atoms with Crippen LogP contribution in [-0.4, -0.2) is 148 Å². The first-order valence-corrected chi connectivity index (χ1v) is 22.7. The number of rotatable bonds is 31. The number of hydrogen-bond donors (Lipinski definition) is 3. The highest BCUT2D eigenvalue weighted by molar-refractivity contribution is 6.30. The second-order valence-corrected chi connectivity index (χ2v) is 16.5. The fraction of sp³-hybridized carbons (Fsp3) is 0.562. The third kappa shape index (κ3) is 21.2. The van der Waals surface area contributed by atoms with Gasteiger partial charge in [0, 0.05) is 48.0 Å². The van der Waals surface area contributed by atoms with Gasteiger partial charge in [0.2, 0.25) is 5.91 Å². The lowest BCUT2D eigenvalue weighted by Gasteiger charge is -2.39.